The molecular weight excluding hydrogens is 760 g/mol. The molecule has 58 heavy (non-hydrogen) atoms. The molecule has 2 bridgehead atoms. The zero-order valence-corrected chi connectivity index (χ0v) is 32.9. The van der Waals surface area contributed by atoms with Gasteiger partial charge in [0.15, 0.2) is 12.2 Å². The van der Waals surface area contributed by atoms with Crippen LogP contribution >= 0.6 is 0 Å². The summed E-state index contributed by atoms with van der Waals surface area (Å²) in [4.78, 5) is 82.0. The van der Waals surface area contributed by atoms with Gasteiger partial charge in [0.2, 0.25) is 0 Å². The highest BCUT2D eigenvalue weighted by molar-refractivity contribution is 5.87. The van der Waals surface area contributed by atoms with Crippen LogP contribution in [0.3, 0.4) is 0 Å². The third kappa shape index (κ3) is 13.2. The highest BCUT2D eigenvalue weighted by atomic mass is 16.7. The van der Waals surface area contributed by atoms with Gasteiger partial charge in [-0.2, -0.15) is 0 Å². The molecule has 3 aliphatic carbocycles. The fourth-order valence-electron chi connectivity index (χ4n) is 7.97. The number of ether oxygens (including phenoxy) is 8. The van der Waals surface area contributed by atoms with E-state index in [1.165, 1.54) is 13.8 Å². The van der Waals surface area contributed by atoms with Crippen molar-refractivity contribution in [3.8, 4) is 0 Å². The summed E-state index contributed by atoms with van der Waals surface area (Å²) in [5.41, 5.74) is 0.323. The Bertz CT molecular complexity index is 1740. The maximum atomic E-state index is 12.8. The number of hydrogen-bond acceptors (Lipinski definition) is 16. The Labute approximate surface area is 336 Å². The molecule has 5 rings (SSSR count). The Morgan fingerprint density at radius 2 is 1.10 bits per heavy atom. The van der Waals surface area contributed by atoms with Gasteiger partial charge >= 0.3 is 36.2 Å². The molecule has 3 aliphatic rings. The second-order valence-corrected chi connectivity index (χ2v) is 15.1. The number of carbonyl (C=O) groups is 6. The van der Waals surface area contributed by atoms with Gasteiger partial charge in [-0.1, -0.05) is 13.2 Å². The number of aryl methyl sites for hydroxylation is 2. The predicted octanol–water partition coefficient (Wildman–Crippen LogP) is 4.23. The maximum absolute atomic E-state index is 12.8. The highest BCUT2D eigenvalue weighted by Gasteiger charge is 2.56. The number of esters is 4. The van der Waals surface area contributed by atoms with E-state index in [2.05, 4.69) is 23.1 Å². The highest BCUT2D eigenvalue weighted by Crippen LogP contribution is 2.62. The second-order valence-electron chi connectivity index (χ2n) is 15.1. The summed E-state index contributed by atoms with van der Waals surface area (Å²) in [5.74, 6) is -0.590. The molecule has 316 valence electrons. The van der Waals surface area contributed by atoms with Crippen molar-refractivity contribution in [2.24, 2.45) is 35.5 Å². The quantitative estimate of drug-likeness (QED) is 0.0925. The van der Waals surface area contributed by atoms with Crippen LogP contribution in [0.5, 0.6) is 0 Å². The zero-order chi connectivity index (χ0) is 41.6. The smallest absolute Gasteiger partial charge is 0.462 e. The first-order valence-electron chi connectivity index (χ1n) is 19.4. The molecule has 0 saturated heterocycles. The van der Waals surface area contributed by atoms with Gasteiger partial charge in [0.1, 0.15) is 26.4 Å². The number of imidazole rings is 2. The molecular formula is C40H52N4O14. The lowest BCUT2D eigenvalue weighted by molar-refractivity contribution is -0.153. The van der Waals surface area contributed by atoms with E-state index in [1.807, 2.05) is 0 Å². The Morgan fingerprint density at radius 1 is 0.621 bits per heavy atom. The predicted molar refractivity (Wildman–Crippen MR) is 199 cm³/mol. The molecule has 2 aromatic heterocycles. The average molecular weight is 813 g/mol. The molecule has 0 radical (unpaired) electrons. The van der Waals surface area contributed by atoms with Crippen molar-refractivity contribution < 1.29 is 66.7 Å². The van der Waals surface area contributed by atoms with Gasteiger partial charge in [-0.3, -0.25) is 9.59 Å². The third-order valence-electron chi connectivity index (χ3n) is 10.7. The van der Waals surface area contributed by atoms with Gasteiger partial charge in [0.25, 0.3) is 0 Å². The molecule has 0 aliphatic heterocycles. The largest absolute Gasteiger partial charge is 0.508 e. The number of hydrogen-bond donors (Lipinski definition) is 0. The van der Waals surface area contributed by atoms with Crippen LogP contribution in [-0.2, 0) is 70.2 Å². The minimum atomic E-state index is -1.09. The van der Waals surface area contributed by atoms with Crippen LogP contribution in [0.15, 0.2) is 61.7 Å². The third-order valence-corrected chi connectivity index (χ3v) is 10.7. The molecule has 8 atom stereocenters. The van der Waals surface area contributed by atoms with Gasteiger partial charge in [-0.05, 0) is 75.0 Å². The Morgan fingerprint density at radius 3 is 1.59 bits per heavy atom. The van der Waals surface area contributed by atoms with Gasteiger partial charge < -0.3 is 47.0 Å². The number of aromatic nitrogens is 4. The van der Waals surface area contributed by atoms with E-state index in [0.717, 1.165) is 25.7 Å². The van der Waals surface area contributed by atoms with E-state index < -0.39 is 48.4 Å². The van der Waals surface area contributed by atoms with E-state index in [0.29, 0.717) is 36.8 Å². The summed E-state index contributed by atoms with van der Waals surface area (Å²) in [6.45, 7) is 9.66. The SMILES string of the molecule is C=C(C)C(=O)OCC(COC(=O)CCn1ccnc1)OC(=O)OCC1CC2C3CC(COC(=O)OC(COC(=O)CCn4ccnc4)COC(=O)C(=C)C)C(C3)[C@H]2C1. The van der Waals surface area contributed by atoms with Crippen LogP contribution in [0.25, 0.3) is 0 Å². The topological polar surface area (TPSA) is 212 Å². The first kappa shape index (κ1) is 43.4. The number of fused-ring (bicyclic) bond motifs is 5. The molecule has 2 aromatic rings. The van der Waals surface area contributed by atoms with Crippen molar-refractivity contribution in [3.05, 3.63) is 61.7 Å². The first-order chi connectivity index (χ1) is 27.8. The first-order valence-corrected chi connectivity index (χ1v) is 19.4. The number of nitrogens with zero attached hydrogens (tertiary/aromatic N) is 4. The van der Waals surface area contributed by atoms with Crippen LogP contribution < -0.4 is 0 Å². The van der Waals surface area contributed by atoms with Crippen molar-refractivity contribution in [2.75, 3.05) is 39.6 Å². The molecule has 3 fully saturated rings. The normalized spacial score (nSPS) is 22.4. The summed E-state index contributed by atoms with van der Waals surface area (Å²) in [5, 5.41) is 0. The van der Waals surface area contributed by atoms with E-state index in [9.17, 15) is 28.8 Å². The van der Waals surface area contributed by atoms with Crippen LogP contribution in [0.2, 0.25) is 0 Å². The summed E-state index contributed by atoms with van der Waals surface area (Å²) in [6.07, 6.45) is 9.40. The van der Waals surface area contributed by atoms with E-state index in [1.54, 1.807) is 46.6 Å². The van der Waals surface area contributed by atoms with Crippen LogP contribution in [-0.4, -0.2) is 107 Å². The summed E-state index contributed by atoms with van der Waals surface area (Å²) in [6, 6.07) is 0. The molecule has 18 nitrogen and oxygen atoms in total. The zero-order valence-electron chi connectivity index (χ0n) is 32.9. The maximum Gasteiger partial charge on any atom is 0.508 e. The fraction of sp³-hybridized carbons (Fsp3) is 0.600. The second kappa shape index (κ2) is 21.2. The van der Waals surface area contributed by atoms with Gasteiger partial charge in [-0.15, -0.1) is 0 Å². The minimum Gasteiger partial charge on any atom is -0.462 e. The Kier molecular flexibility index (Phi) is 15.9. The van der Waals surface area contributed by atoms with E-state index in [4.69, 9.17) is 37.9 Å². The molecule has 2 heterocycles. The number of carbonyl (C=O) groups excluding carboxylic acids is 6. The summed E-state index contributed by atoms with van der Waals surface area (Å²) < 4.78 is 46.2. The Balaban J connectivity index is 1.03. The lowest BCUT2D eigenvalue weighted by atomic mass is 9.76. The molecule has 0 amide bonds. The average Bonchev–Trinajstić information content (AvgIpc) is 4.05. The minimum absolute atomic E-state index is 0.0605. The molecule has 0 aromatic carbocycles. The standard InChI is InChI=1S/C40H52N4O14/c1-25(2)37(47)53-21-30(19-51-35(45)5-9-43-11-7-41-23-43)57-39(49)55-17-27-13-32-28-15-29(33(16-28)34(32)14-27)18-56-40(50)58-31(22-54-38(48)26(3)4)20-52-36(46)6-10-44-12-8-42-24-44/h7-8,11-12,23-24,27-34H,1,3,5-6,9-10,13-22H2,2,4H3/t27?,28?,29?,30?,31?,32?,33?,34-/m0/s1. The van der Waals surface area contributed by atoms with E-state index in [-0.39, 0.29) is 75.5 Å². The summed E-state index contributed by atoms with van der Waals surface area (Å²) >= 11 is 0. The Hall–Kier alpha value is -5.68. The lowest BCUT2D eigenvalue weighted by Crippen LogP contribution is -2.33. The summed E-state index contributed by atoms with van der Waals surface area (Å²) in [7, 11) is 0. The molecule has 18 heteroatoms. The molecule has 7 unspecified atom stereocenters. The van der Waals surface area contributed by atoms with Gasteiger partial charge in [-0.25, -0.2) is 29.1 Å². The number of rotatable bonds is 22. The fourth-order valence-corrected chi connectivity index (χ4v) is 7.97. The van der Waals surface area contributed by atoms with Crippen molar-refractivity contribution in [1.29, 1.82) is 0 Å². The lowest BCUT2D eigenvalue weighted by Gasteiger charge is -2.31. The van der Waals surface area contributed by atoms with Gasteiger partial charge in [0.05, 0.1) is 38.7 Å². The van der Waals surface area contributed by atoms with Crippen molar-refractivity contribution >= 4 is 36.2 Å². The van der Waals surface area contributed by atoms with Crippen LogP contribution in [0.1, 0.15) is 52.4 Å². The van der Waals surface area contributed by atoms with Crippen molar-refractivity contribution in [3.63, 3.8) is 0 Å². The molecule has 0 spiro atoms. The van der Waals surface area contributed by atoms with Crippen LogP contribution in [0.4, 0.5) is 9.59 Å². The molecule has 3 saturated carbocycles. The van der Waals surface area contributed by atoms with Crippen molar-refractivity contribution in [2.45, 2.75) is 77.7 Å². The molecule has 0 N–H and O–H groups in total. The van der Waals surface area contributed by atoms with Gasteiger partial charge in [0, 0.05) is 49.0 Å². The monoisotopic (exact) mass is 812 g/mol. The van der Waals surface area contributed by atoms with Crippen LogP contribution in [0, 0.1) is 35.5 Å². The van der Waals surface area contributed by atoms with Crippen molar-refractivity contribution in [1.82, 2.24) is 19.1 Å². The van der Waals surface area contributed by atoms with E-state index >= 15 is 0 Å².